The summed E-state index contributed by atoms with van der Waals surface area (Å²) < 4.78 is 50.5. The number of halogens is 3. The van der Waals surface area contributed by atoms with Gasteiger partial charge in [-0.05, 0) is 36.9 Å². The number of para-hydroxylation sites is 2. The van der Waals surface area contributed by atoms with Gasteiger partial charge in [0.1, 0.15) is 5.75 Å². The summed E-state index contributed by atoms with van der Waals surface area (Å²) in [4.78, 5) is 28.8. The number of carbonyl (C=O) groups excluding carboxylic acids is 2. The number of morpholine rings is 1. The van der Waals surface area contributed by atoms with Gasteiger partial charge >= 0.3 is 6.18 Å². The van der Waals surface area contributed by atoms with E-state index in [2.05, 4.69) is 10.6 Å². The zero-order chi connectivity index (χ0) is 25.4. The molecule has 0 saturated carbocycles. The van der Waals surface area contributed by atoms with Gasteiger partial charge in [0.15, 0.2) is 0 Å². The normalized spacial score (nSPS) is 14.1. The Hall–Kier alpha value is -3.31. The van der Waals surface area contributed by atoms with E-state index in [-0.39, 0.29) is 24.7 Å². The van der Waals surface area contributed by atoms with Crippen LogP contribution in [0.15, 0.2) is 42.5 Å². The number of alkyl halides is 3. The number of anilines is 3. The van der Waals surface area contributed by atoms with Crippen molar-refractivity contribution < 1.29 is 32.2 Å². The van der Waals surface area contributed by atoms with E-state index in [4.69, 9.17) is 9.47 Å². The second-order valence-electron chi connectivity index (χ2n) is 7.93. The topological polar surface area (TPSA) is 83.1 Å². The van der Waals surface area contributed by atoms with E-state index in [1.54, 1.807) is 36.1 Å². The molecule has 11 heteroatoms. The summed E-state index contributed by atoms with van der Waals surface area (Å²) in [6, 6.07) is 10.2. The maximum absolute atomic E-state index is 13.3. The van der Waals surface area contributed by atoms with Crippen molar-refractivity contribution in [2.24, 2.45) is 0 Å². The second-order valence-corrected chi connectivity index (χ2v) is 7.93. The first kappa shape index (κ1) is 26.3. The van der Waals surface area contributed by atoms with Crippen LogP contribution in [0.3, 0.4) is 0 Å². The molecule has 2 amide bonds. The van der Waals surface area contributed by atoms with Crippen molar-refractivity contribution in [1.82, 2.24) is 4.90 Å². The highest BCUT2D eigenvalue weighted by atomic mass is 19.4. The first-order valence-corrected chi connectivity index (χ1v) is 11.2. The number of ether oxygens (including phenoxy) is 2. The molecule has 2 aromatic carbocycles. The van der Waals surface area contributed by atoms with E-state index in [1.807, 2.05) is 4.90 Å². The Morgan fingerprint density at radius 1 is 1.03 bits per heavy atom. The van der Waals surface area contributed by atoms with Crippen LogP contribution in [0, 0.1) is 0 Å². The molecule has 1 aliphatic heterocycles. The Balaban J connectivity index is 1.68. The summed E-state index contributed by atoms with van der Waals surface area (Å²) in [7, 11) is 1.49. The number of carbonyl (C=O) groups is 2. The van der Waals surface area contributed by atoms with Crippen molar-refractivity contribution in [2.75, 3.05) is 68.6 Å². The van der Waals surface area contributed by atoms with Crippen LogP contribution in [0.2, 0.25) is 0 Å². The molecule has 0 unspecified atom stereocenters. The molecule has 1 fully saturated rings. The molecule has 1 aliphatic rings. The zero-order valence-electron chi connectivity index (χ0n) is 19.7. The summed E-state index contributed by atoms with van der Waals surface area (Å²) in [6.07, 6.45) is -4.55. The largest absolute Gasteiger partial charge is 0.495 e. The fraction of sp³-hybridized carbons (Fsp3) is 0.417. The van der Waals surface area contributed by atoms with Crippen molar-refractivity contribution in [3.05, 3.63) is 48.0 Å². The van der Waals surface area contributed by atoms with Crippen LogP contribution < -0.4 is 20.3 Å². The van der Waals surface area contributed by atoms with Crippen molar-refractivity contribution in [1.29, 1.82) is 0 Å². The number of nitrogens with zero attached hydrogens (tertiary/aromatic N) is 2. The highest BCUT2D eigenvalue weighted by Crippen LogP contribution is 2.35. The van der Waals surface area contributed by atoms with E-state index in [0.29, 0.717) is 50.0 Å². The Morgan fingerprint density at radius 3 is 2.26 bits per heavy atom. The average molecular weight is 495 g/mol. The van der Waals surface area contributed by atoms with Gasteiger partial charge in [-0.1, -0.05) is 19.1 Å². The van der Waals surface area contributed by atoms with Crippen LogP contribution in [-0.4, -0.2) is 69.8 Å². The summed E-state index contributed by atoms with van der Waals surface area (Å²) in [5.74, 6) is -0.371. The first-order valence-electron chi connectivity index (χ1n) is 11.2. The van der Waals surface area contributed by atoms with E-state index >= 15 is 0 Å². The monoisotopic (exact) mass is 494 g/mol. The number of benzene rings is 2. The fourth-order valence-corrected chi connectivity index (χ4v) is 3.71. The highest BCUT2D eigenvalue weighted by Gasteiger charge is 2.32. The lowest BCUT2D eigenvalue weighted by molar-refractivity contribution is -0.137. The number of amides is 2. The lowest BCUT2D eigenvalue weighted by Gasteiger charge is -2.31. The van der Waals surface area contributed by atoms with E-state index in [1.165, 1.54) is 13.2 Å². The Morgan fingerprint density at radius 2 is 1.66 bits per heavy atom. The molecule has 1 heterocycles. The number of hydrogen-bond donors (Lipinski definition) is 2. The van der Waals surface area contributed by atoms with Crippen LogP contribution in [0.1, 0.15) is 12.5 Å². The van der Waals surface area contributed by atoms with Gasteiger partial charge in [-0.25, -0.2) is 0 Å². The van der Waals surface area contributed by atoms with Gasteiger partial charge in [-0.15, -0.1) is 0 Å². The van der Waals surface area contributed by atoms with Gasteiger partial charge < -0.3 is 25.0 Å². The molecule has 1 saturated heterocycles. The van der Waals surface area contributed by atoms with Crippen LogP contribution in [0.4, 0.5) is 30.2 Å². The van der Waals surface area contributed by atoms with Gasteiger partial charge in [0.05, 0.1) is 56.0 Å². The van der Waals surface area contributed by atoms with E-state index < -0.39 is 17.6 Å². The number of rotatable bonds is 9. The van der Waals surface area contributed by atoms with E-state index in [9.17, 15) is 22.8 Å². The average Bonchev–Trinajstić information content (AvgIpc) is 2.83. The third-order valence-electron chi connectivity index (χ3n) is 5.51. The molecule has 0 aliphatic carbocycles. The van der Waals surface area contributed by atoms with Gasteiger partial charge in [0.2, 0.25) is 11.8 Å². The summed E-state index contributed by atoms with van der Waals surface area (Å²) in [6.45, 7) is 3.80. The molecule has 0 radical (unpaired) electrons. The van der Waals surface area contributed by atoms with Crippen molar-refractivity contribution in [3.8, 4) is 5.75 Å². The lowest BCUT2D eigenvalue weighted by atomic mass is 10.1. The van der Waals surface area contributed by atoms with E-state index in [0.717, 1.165) is 12.1 Å². The molecule has 2 N–H and O–H groups in total. The third-order valence-corrected chi connectivity index (χ3v) is 5.51. The summed E-state index contributed by atoms with van der Waals surface area (Å²) >= 11 is 0. The maximum atomic E-state index is 13.3. The predicted octanol–water partition coefficient (Wildman–Crippen LogP) is 3.45. The Kier molecular flexibility index (Phi) is 8.94. The minimum absolute atomic E-state index is 0.0706. The molecular formula is C24H29F3N4O4. The second kappa shape index (κ2) is 11.9. The quantitative estimate of drug-likeness (QED) is 0.556. The molecule has 0 aromatic heterocycles. The number of methoxy groups -OCH3 is 1. The lowest BCUT2D eigenvalue weighted by Crippen LogP contribution is -2.39. The Bertz CT molecular complexity index is 1030. The highest BCUT2D eigenvalue weighted by molar-refractivity contribution is 5.97. The molecule has 2 aromatic rings. The minimum Gasteiger partial charge on any atom is -0.495 e. The third kappa shape index (κ3) is 7.33. The van der Waals surface area contributed by atoms with Crippen LogP contribution in [-0.2, 0) is 20.5 Å². The van der Waals surface area contributed by atoms with Crippen LogP contribution in [0.25, 0.3) is 0 Å². The smallest absolute Gasteiger partial charge is 0.416 e. The molecule has 35 heavy (non-hydrogen) atoms. The minimum atomic E-state index is -4.55. The maximum Gasteiger partial charge on any atom is 0.416 e. The molecule has 8 nitrogen and oxygen atoms in total. The van der Waals surface area contributed by atoms with Gasteiger partial charge in [-0.2, -0.15) is 13.2 Å². The van der Waals surface area contributed by atoms with Crippen LogP contribution in [0.5, 0.6) is 5.75 Å². The number of nitrogens with one attached hydrogen (secondary N) is 2. The molecule has 0 atom stereocenters. The van der Waals surface area contributed by atoms with Crippen molar-refractivity contribution in [2.45, 2.75) is 13.1 Å². The molecule has 3 rings (SSSR count). The predicted molar refractivity (Wildman–Crippen MR) is 127 cm³/mol. The van der Waals surface area contributed by atoms with Crippen molar-refractivity contribution >= 4 is 28.9 Å². The molecule has 0 spiro atoms. The SMILES string of the molecule is CCN(CC(=O)Nc1ccccc1OC)CC(=O)Nc1cc(C(F)(F)F)ccc1N1CCOCC1. The standard InChI is InChI=1S/C24H29F3N4O4/c1-3-30(15-22(32)28-18-6-4-5-7-21(18)34-2)16-23(33)29-19-14-17(24(25,26)27)8-9-20(19)31-10-12-35-13-11-31/h4-9,14H,3,10-13,15-16H2,1-2H3,(H,28,32)(H,29,33). The van der Waals surface area contributed by atoms with Gasteiger partial charge in [0.25, 0.3) is 0 Å². The zero-order valence-corrected chi connectivity index (χ0v) is 19.7. The molecule has 190 valence electrons. The van der Waals surface area contributed by atoms with Gasteiger partial charge in [-0.3, -0.25) is 14.5 Å². The number of likely N-dealkylation sites (N-methyl/N-ethyl adjacent to an activating group) is 1. The van der Waals surface area contributed by atoms with Crippen LogP contribution >= 0.6 is 0 Å². The molecular weight excluding hydrogens is 465 g/mol. The first-order chi connectivity index (χ1) is 16.7. The summed E-state index contributed by atoms with van der Waals surface area (Å²) in [5, 5.41) is 5.36. The Labute approximate surface area is 202 Å². The molecule has 0 bridgehead atoms. The fourth-order valence-electron chi connectivity index (χ4n) is 3.71. The summed E-state index contributed by atoms with van der Waals surface area (Å²) in [5.41, 5.74) is 0.209. The van der Waals surface area contributed by atoms with Crippen molar-refractivity contribution in [3.63, 3.8) is 0 Å². The van der Waals surface area contributed by atoms with Gasteiger partial charge in [0, 0.05) is 13.1 Å². The number of hydrogen-bond acceptors (Lipinski definition) is 6.